The summed E-state index contributed by atoms with van der Waals surface area (Å²) in [7, 11) is 0. The Hall–Kier alpha value is -0.160. The molecule has 3 rings (SSSR count). The number of hydrogen-bond donors (Lipinski definition) is 1. The molecule has 0 aromatic heterocycles. The minimum atomic E-state index is 0.639. The molecule has 1 saturated carbocycles. The van der Waals surface area contributed by atoms with E-state index in [4.69, 9.17) is 9.47 Å². The first kappa shape index (κ1) is 15.7. The maximum absolute atomic E-state index is 5.66. The lowest BCUT2D eigenvalue weighted by molar-refractivity contribution is 0.000708. The van der Waals surface area contributed by atoms with Crippen LogP contribution in [0.3, 0.4) is 0 Å². The SMILES string of the molecule is C1CCCC(NCC(C2CCOC2)N2CCOCC2)CC1. The van der Waals surface area contributed by atoms with E-state index in [0.717, 1.165) is 52.1 Å². The van der Waals surface area contributed by atoms with Gasteiger partial charge in [-0.1, -0.05) is 25.7 Å². The third kappa shape index (κ3) is 4.65. The molecule has 0 aromatic rings. The van der Waals surface area contributed by atoms with Crippen LogP contribution in [0.15, 0.2) is 0 Å². The average Bonchev–Trinajstić information content (AvgIpc) is 2.92. The summed E-state index contributed by atoms with van der Waals surface area (Å²) in [6.07, 6.45) is 9.66. The molecule has 2 unspecified atom stereocenters. The van der Waals surface area contributed by atoms with E-state index in [9.17, 15) is 0 Å². The number of rotatable bonds is 5. The van der Waals surface area contributed by atoms with Gasteiger partial charge in [-0.25, -0.2) is 0 Å². The molecule has 3 aliphatic rings. The minimum Gasteiger partial charge on any atom is -0.381 e. The Morgan fingerprint density at radius 1 is 0.905 bits per heavy atom. The van der Waals surface area contributed by atoms with E-state index in [1.165, 1.54) is 44.9 Å². The van der Waals surface area contributed by atoms with Gasteiger partial charge in [-0.3, -0.25) is 4.90 Å². The molecule has 21 heavy (non-hydrogen) atoms. The van der Waals surface area contributed by atoms with Gasteiger partial charge < -0.3 is 14.8 Å². The fraction of sp³-hybridized carbons (Fsp3) is 1.00. The van der Waals surface area contributed by atoms with Crippen LogP contribution in [0.4, 0.5) is 0 Å². The van der Waals surface area contributed by atoms with E-state index in [1.807, 2.05) is 0 Å². The second kappa shape index (κ2) is 8.47. The predicted molar refractivity (Wildman–Crippen MR) is 84.6 cm³/mol. The summed E-state index contributed by atoms with van der Waals surface area (Å²) < 4.78 is 11.2. The molecule has 2 aliphatic heterocycles. The van der Waals surface area contributed by atoms with E-state index in [0.29, 0.717) is 12.0 Å². The highest BCUT2D eigenvalue weighted by Gasteiger charge is 2.31. The van der Waals surface area contributed by atoms with Crippen LogP contribution in [0.2, 0.25) is 0 Å². The average molecular weight is 296 g/mol. The summed E-state index contributed by atoms with van der Waals surface area (Å²) in [6.45, 7) is 7.02. The van der Waals surface area contributed by atoms with Crippen molar-refractivity contribution in [3.63, 3.8) is 0 Å². The van der Waals surface area contributed by atoms with Crippen molar-refractivity contribution < 1.29 is 9.47 Å². The Bertz CT molecular complexity index is 281. The molecule has 4 heteroatoms. The lowest BCUT2D eigenvalue weighted by Gasteiger charge is -2.38. The standard InChI is InChI=1S/C17H32N2O2/c1-2-4-6-16(5-3-1)18-13-17(15-7-10-21-14-15)19-8-11-20-12-9-19/h15-18H,1-14H2. The lowest BCUT2D eigenvalue weighted by atomic mass is 9.96. The van der Waals surface area contributed by atoms with E-state index in [-0.39, 0.29) is 0 Å². The van der Waals surface area contributed by atoms with Gasteiger partial charge in [0, 0.05) is 44.2 Å². The van der Waals surface area contributed by atoms with Crippen LogP contribution < -0.4 is 5.32 Å². The number of ether oxygens (including phenoxy) is 2. The highest BCUT2D eigenvalue weighted by Crippen LogP contribution is 2.23. The first-order chi connectivity index (χ1) is 10.4. The van der Waals surface area contributed by atoms with Gasteiger partial charge in [-0.15, -0.1) is 0 Å². The summed E-state index contributed by atoms with van der Waals surface area (Å²) in [5, 5.41) is 3.90. The van der Waals surface area contributed by atoms with Crippen LogP contribution in [-0.4, -0.2) is 63.0 Å². The normalized spacial score (nSPS) is 31.1. The Morgan fingerprint density at radius 3 is 2.33 bits per heavy atom. The fourth-order valence-corrected chi connectivity index (χ4v) is 4.13. The zero-order chi connectivity index (χ0) is 14.3. The van der Waals surface area contributed by atoms with Crippen LogP contribution in [0.1, 0.15) is 44.9 Å². The monoisotopic (exact) mass is 296 g/mol. The van der Waals surface area contributed by atoms with Gasteiger partial charge in [0.2, 0.25) is 0 Å². The lowest BCUT2D eigenvalue weighted by Crippen LogP contribution is -2.52. The molecule has 4 nitrogen and oxygen atoms in total. The molecule has 1 aliphatic carbocycles. The van der Waals surface area contributed by atoms with Gasteiger partial charge >= 0.3 is 0 Å². The van der Waals surface area contributed by atoms with E-state index >= 15 is 0 Å². The van der Waals surface area contributed by atoms with Gasteiger partial charge in [0.05, 0.1) is 19.8 Å². The van der Waals surface area contributed by atoms with Crippen LogP contribution in [-0.2, 0) is 9.47 Å². The predicted octanol–water partition coefficient (Wildman–Crippen LogP) is 2.04. The van der Waals surface area contributed by atoms with Crippen molar-refractivity contribution >= 4 is 0 Å². The number of morpholine rings is 1. The van der Waals surface area contributed by atoms with Crippen LogP contribution >= 0.6 is 0 Å². The van der Waals surface area contributed by atoms with E-state index in [1.54, 1.807) is 0 Å². The molecule has 0 amide bonds. The number of nitrogens with zero attached hydrogens (tertiary/aromatic N) is 1. The molecule has 3 fully saturated rings. The Balaban J connectivity index is 1.53. The summed E-state index contributed by atoms with van der Waals surface area (Å²) in [4.78, 5) is 2.65. The first-order valence-corrected chi connectivity index (χ1v) is 9.06. The third-order valence-electron chi connectivity index (χ3n) is 5.49. The highest BCUT2D eigenvalue weighted by atomic mass is 16.5. The van der Waals surface area contributed by atoms with Gasteiger partial charge in [-0.2, -0.15) is 0 Å². The van der Waals surface area contributed by atoms with E-state index in [2.05, 4.69) is 10.2 Å². The van der Waals surface area contributed by atoms with Crippen molar-refractivity contribution in [2.24, 2.45) is 5.92 Å². The van der Waals surface area contributed by atoms with Crippen LogP contribution in [0.25, 0.3) is 0 Å². The van der Waals surface area contributed by atoms with Gasteiger partial charge in [-0.05, 0) is 19.3 Å². The molecule has 0 spiro atoms. The van der Waals surface area contributed by atoms with Crippen molar-refractivity contribution in [1.82, 2.24) is 10.2 Å². The maximum atomic E-state index is 5.66. The quantitative estimate of drug-likeness (QED) is 0.787. The highest BCUT2D eigenvalue weighted by molar-refractivity contribution is 4.86. The molecule has 0 aromatic carbocycles. The second-order valence-corrected chi connectivity index (χ2v) is 6.94. The van der Waals surface area contributed by atoms with E-state index < -0.39 is 0 Å². The molecule has 0 bridgehead atoms. The maximum Gasteiger partial charge on any atom is 0.0594 e. The molecule has 0 radical (unpaired) electrons. The summed E-state index contributed by atoms with van der Waals surface area (Å²) >= 11 is 0. The summed E-state index contributed by atoms with van der Waals surface area (Å²) in [6, 6.07) is 1.39. The van der Waals surface area contributed by atoms with Gasteiger partial charge in [0.15, 0.2) is 0 Å². The van der Waals surface area contributed by atoms with Gasteiger partial charge in [0.25, 0.3) is 0 Å². The zero-order valence-corrected chi connectivity index (χ0v) is 13.4. The molecule has 2 atom stereocenters. The second-order valence-electron chi connectivity index (χ2n) is 6.94. The Morgan fingerprint density at radius 2 is 1.67 bits per heavy atom. The molecule has 1 N–H and O–H groups in total. The summed E-state index contributed by atoms with van der Waals surface area (Å²) in [5.41, 5.74) is 0. The third-order valence-corrected chi connectivity index (χ3v) is 5.49. The molecule has 2 saturated heterocycles. The molecule has 122 valence electrons. The zero-order valence-electron chi connectivity index (χ0n) is 13.4. The fourth-order valence-electron chi connectivity index (χ4n) is 4.13. The molecular formula is C17H32N2O2. The van der Waals surface area contributed by atoms with Crippen molar-refractivity contribution in [2.75, 3.05) is 46.1 Å². The molecular weight excluding hydrogens is 264 g/mol. The smallest absolute Gasteiger partial charge is 0.0594 e. The van der Waals surface area contributed by atoms with Crippen LogP contribution in [0, 0.1) is 5.92 Å². The van der Waals surface area contributed by atoms with Crippen molar-refractivity contribution in [3.8, 4) is 0 Å². The molecule has 2 heterocycles. The minimum absolute atomic E-state index is 0.639. The van der Waals surface area contributed by atoms with Gasteiger partial charge in [0.1, 0.15) is 0 Å². The van der Waals surface area contributed by atoms with Crippen molar-refractivity contribution in [1.29, 1.82) is 0 Å². The van der Waals surface area contributed by atoms with Crippen molar-refractivity contribution in [2.45, 2.75) is 57.0 Å². The van der Waals surface area contributed by atoms with Crippen LogP contribution in [0.5, 0.6) is 0 Å². The Kier molecular flexibility index (Phi) is 6.34. The number of hydrogen-bond acceptors (Lipinski definition) is 4. The first-order valence-electron chi connectivity index (χ1n) is 9.06. The van der Waals surface area contributed by atoms with Crippen molar-refractivity contribution in [3.05, 3.63) is 0 Å². The summed E-state index contributed by atoms with van der Waals surface area (Å²) in [5.74, 6) is 0.710. The topological polar surface area (TPSA) is 33.7 Å². The largest absolute Gasteiger partial charge is 0.381 e. The number of nitrogens with one attached hydrogen (secondary N) is 1. The Labute approximate surface area is 129 Å².